The summed E-state index contributed by atoms with van der Waals surface area (Å²) in [6, 6.07) is 17.4. The Hall–Kier alpha value is -3.15. The van der Waals surface area contributed by atoms with Crippen LogP contribution in [0, 0.1) is 5.92 Å². The van der Waals surface area contributed by atoms with Gasteiger partial charge in [0.15, 0.2) is 5.82 Å². The van der Waals surface area contributed by atoms with E-state index < -0.39 is 0 Å². The Kier molecular flexibility index (Phi) is 5.37. The molecule has 0 aliphatic carbocycles. The number of carbonyl (C=O) groups is 1. The molecule has 1 fully saturated rings. The van der Waals surface area contributed by atoms with Gasteiger partial charge in [-0.3, -0.25) is 4.79 Å². The lowest BCUT2D eigenvalue weighted by Gasteiger charge is -2.16. The van der Waals surface area contributed by atoms with Gasteiger partial charge in [-0.1, -0.05) is 35.5 Å². The first-order valence-corrected chi connectivity index (χ1v) is 9.50. The molecule has 6 heteroatoms. The van der Waals surface area contributed by atoms with Crippen molar-refractivity contribution in [3.8, 4) is 17.2 Å². The Labute approximate surface area is 164 Å². The normalized spacial score (nSPS) is 16.3. The third-order valence-corrected chi connectivity index (χ3v) is 5.11. The predicted octanol–water partition coefficient (Wildman–Crippen LogP) is 3.38. The molecular weight excluding hydrogens is 354 g/mol. The summed E-state index contributed by atoms with van der Waals surface area (Å²) >= 11 is 0. The number of methoxy groups -OCH3 is 1. The summed E-state index contributed by atoms with van der Waals surface area (Å²) < 4.78 is 10.6. The van der Waals surface area contributed by atoms with E-state index in [1.807, 2.05) is 59.5 Å². The SMILES string of the molecule is COc1ccc(-c2nc(CC3CCN(C(=O)Cc4ccccc4)C3)no2)cc1. The summed E-state index contributed by atoms with van der Waals surface area (Å²) in [5, 5.41) is 4.12. The fourth-order valence-electron chi connectivity index (χ4n) is 3.55. The van der Waals surface area contributed by atoms with Gasteiger partial charge in [0.25, 0.3) is 5.89 Å². The molecule has 2 heterocycles. The van der Waals surface area contributed by atoms with Crippen molar-refractivity contribution in [1.82, 2.24) is 15.0 Å². The summed E-state index contributed by atoms with van der Waals surface area (Å²) in [6.45, 7) is 1.54. The molecule has 1 aromatic heterocycles. The Morgan fingerprint density at radius 1 is 1.18 bits per heavy atom. The molecule has 0 N–H and O–H groups in total. The molecule has 0 radical (unpaired) electrons. The van der Waals surface area contributed by atoms with Crippen LogP contribution < -0.4 is 4.74 Å². The van der Waals surface area contributed by atoms with Crippen molar-refractivity contribution in [2.45, 2.75) is 19.3 Å². The van der Waals surface area contributed by atoms with Crippen LogP contribution in [0.5, 0.6) is 5.75 Å². The van der Waals surface area contributed by atoms with Gasteiger partial charge in [0, 0.05) is 25.1 Å². The minimum atomic E-state index is 0.181. The van der Waals surface area contributed by atoms with E-state index in [-0.39, 0.29) is 5.91 Å². The quantitative estimate of drug-likeness (QED) is 0.659. The van der Waals surface area contributed by atoms with Gasteiger partial charge in [0.05, 0.1) is 13.5 Å². The van der Waals surface area contributed by atoms with Gasteiger partial charge in [0.2, 0.25) is 5.91 Å². The van der Waals surface area contributed by atoms with E-state index in [9.17, 15) is 4.79 Å². The van der Waals surface area contributed by atoms with Crippen LogP contribution >= 0.6 is 0 Å². The Bertz CT molecular complexity index is 922. The van der Waals surface area contributed by atoms with Crippen molar-refractivity contribution in [2.75, 3.05) is 20.2 Å². The van der Waals surface area contributed by atoms with Crippen LogP contribution in [0.1, 0.15) is 17.8 Å². The number of nitrogens with zero attached hydrogens (tertiary/aromatic N) is 3. The standard InChI is InChI=1S/C22H23N3O3/c1-27-19-9-7-18(8-10-19)22-23-20(24-28-22)13-17-11-12-25(15-17)21(26)14-16-5-3-2-4-6-16/h2-10,17H,11-15H2,1H3. The molecule has 1 amide bonds. The zero-order chi connectivity index (χ0) is 19.3. The number of carbonyl (C=O) groups excluding carboxylic acids is 1. The number of rotatable bonds is 6. The summed E-state index contributed by atoms with van der Waals surface area (Å²) in [5.74, 6) is 2.53. The molecule has 1 saturated heterocycles. The highest BCUT2D eigenvalue weighted by Gasteiger charge is 2.27. The van der Waals surface area contributed by atoms with E-state index >= 15 is 0 Å². The summed E-state index contributed by atoms with van der Waals surface area (Å²) in [5.41, 5.74) is 1.92. The van der Waals surface area contributed by atoms with E-state index in [4.69, 9.17) is 9.26 Å². The third kappa shape index (κ3) is 4.22. The lowest BCUT2D eigenvalue weighted by atomic mass is 10.0. The van der Waals surface area contributed by atoms with E-state index in [1.165, 1.54) is 0 Å². The second kappa shape index (κ2) is 8.25. The van der Waals surface area contributed by atoms with Crippen molar-refractivity contribution >= 4 is 5.91 Å². The molecular formula is C22H23N3O3. The minimum Gasteiger partial charge on any atom is -0.497 e. The van der Waals surface area contributed by atoms with Gasteiger partial charge in [-0.15, -0.1) is 0 Å². The van der Waals surface area contributed by atoms with Gasteiger partial charge in [-0.2, -0.15) is 4.98 Å². The van der Waals surface area contributed by atoms with Gasteiger partial charge >= 0.3 is 0 Å². The molecule has 1 aliphatic rings. The maximum absolute atomic E-state index is 12.5. The topological polar surface area (TPSA) is 68.5 Å². The van der Waals surface area contributed by atoms with Crippen LogP contribution in [-0.2, 0) is 17.6 Å². The molecule has 144 valence electrons. The van der Waals surface area contributed by atoms with Crippen LogP contribution in [0.25, 0.3) is 11.5 Å². The summed E-state index contributed by atoms with van der Waals surface area (Å²) in [4.78, 5) is 19.0. The van der Waals surface area contributed by atoms with Crippen LogP contribution in [0.15, 0.2) is 59.1 Å². The van der Waals surface area contributed by atoms with E-state index in [0.717, 1.165) is 42.8 Å². The van der Waals surface area contributed by atoms with E-state index in [0.29, 0.717) is 24.1 Å². The minimum absolute atomic E-state index is 0.181. The number of amides is 1. The Balaban J connectivity index is 1.33. The van der Waals surface area contributed by atoms with Crippen LogP contribution in [-0.4, -0.2) is 41.1 Å². The van der Waals surface area contributed by atoms with Crippen LogP contribution in [0.2, 0.25) is 0 Å². The highest BCUT2D eigenvalue weighted by Crippen LogP contribution is 2.24. The number of benzene rings is 2. The maximum atomic E-state index is 12.5. The monoisotopic (exact) mass is 377 g/mol. The summed E-state index contributed by atoms with van der Waals surface area (Å²) in [6.07, 6.45) is 2.14. The van der Waals surface area contributed by atoms with Crippen LogP contribution in [0.3, 0.4) is 0 Å². The van der Waals surface area contributed by atoms with E-state index in [1.54, 1.807) is 7.11 Å². The van der Waals surface area contributed by atoms with Crippen molar-refractivity contribution in [2.24, 2.45) is 5.92 Å². The summed E-state index contributed by atoms with van der Waals surface area (Å²) in [7, 11) is 1.63. The van der Waals surface area contributed by atoms with Crippen molar-refractivity contribution < 1.29 is 14.1 Å². The van der Waals surface area contributed by atoms with Gasteiger partial charge in [-0.25, -0.2) is 0 Å². The molecule has 1 atom stereocenters. The average Bonchev–Trinajstić information content (AvgIpc) is 3.39. The number of hydrogen-bond donors (Lipinski definition) is 0. The van der Waals surface area contributed by atoms with Crippen LogP contribution in [0.4, 0.5) is 0 Å². The molecule has 28 heavy (non-hydrogen) atoms. The van der Waals surface area contributed by atoms with Gasteiger partial charge in [-0.05, 0) is 42.2 Å². The molecule has 2 aromatic carbocycles. The molecule has 0 spiro atoms. The third-order valence-electron chi connectivity index (χ3n) is 5.11. The van der Waals surface area contributed by atoms with Gasteiger partial charge < -0.3 is 14.2 Å². The fraction of sp³-hybridized carbons (Fsp3) is 0.318. The molecule has 0 bridgehead atoms. The van der Waals surface area contributed by atoms with Gasteiger partial charge in [0.1, 0.15) is 5.75 Å². The molecule has 4 rings (SSSR count). The fourth-order valence-corrected chi connectivity index (χ4v) is 3.55. The zero-order valence-corrected chi connectivity index (χ0v) is 15.9. The number of hydrogen-bond acceptors (Lipinski definition) is 5. The first-order chi connectivity index (χ1) is 13.7. The number of ether oxygens (including phenoxy) is 1. The Morgan fingerprint density at radius 3 is 2.71 bits per heavy atom. The second-order valence-corrected chi connectivity index (χ2v) is 7.11. The van der Waals surface area contributed by atoms with Crippen molar-refractivity contribution in [3.63, 3.8) is 0 Å². The molecule has 3 aromatic rings. The number of likely N-dealkylation sites (tertiary alicyclic amines) is 1. The largest absolute Gasteiger partial charge is 0.497 e. The second-order valence-electron chi connectivity index (χ2n) is 7.11. The number of aromatic nitrogens is 2. The lowest BCUT2D eigenvalue weighted by molar-refractivity contribution is -0.129. The Morgan fingerprint density at radius 2 is 1.96 bits per heavy atom. The highest BCUT2D eigenvalue weighted by molar-refractivity contribution is 5.79. The highest BCUT2D eigenvalue weighted by atomic mass is 16.5. The molecule has 0 saturated carbocycles. The molecule has 6 nitrogen and oxygen atoms in total. The molecule has 1 unspecified atom stereocenters. The predicted molar refractivity (Wildman–Crippen MR) is 105 cm³/mol. The first-order valence-electron chi connectivity index (χ1n) is 9.50. The first kappa shape index (κ1) is 18.2. The van der Waals surface area contributed by atoms with Crippen molar-refractivity contribution in [1.29, 1.82) is 0 Å². The smallest absolute Gasteiger partial charge is 0.257 e. The zero-order valence-electron chi connectivity index (χ0n) is 15.9. The molecule has 1 aliphatic heterocycles. The van der Waals surface area contributed by atoms with E-state index in [2.05, 4.69) is 10.1 Å². The van der Waals surface area contributed by atoms with Crippen molar-refractivity contribution in [3.05, 3.63) is 66.0 Å². The lowest BCUT2D eigenvalue weighted by Crippen LogP contribution is -2.30. The maximum Gasteiger partial charge on any atom is 0.257 e. The average molecular weight is 377 g/mol.